The average Bonchev–Trinajstić information content (AvgIpc) is 2.90. The summed E-state index contributed by atoms with van der Waals surface area (Å²) in [5, 5.41) is 12.7. The van der Waals surface area contributed by atoms with Crippen LogP contribution in [0.25, 0.3) is 11.0 Å². The SMILES string of the molecule is CC(CN(C)C(=O)N[C@H](C)c1cc2ccccc2o1)C(=O)O. The van der Waals surface area contributed by atoms with Crippen molar-refractivity contribution >= 4 is 23.0 Å². The van der Waals surface area contributed by atoms with E-state index in [0.29, 0.717) is 5.76 Å². The highest BCUT2D eigenvalue weighted by Crippen LogP contribution is 2.23. The molecule has 0 aliphatic rings. The Morgan fingerprint density at radius 3 is 2.64 bits per heavy atom. The number of rotatable bonds is 5. The topological polar surface area (TPSA) is 82.8 Å². The molecule has 6 heteroatoms. The number of carboxylic acids is 1. The number of carbonyl (C=O) groups excluding carboxylic acids is 1. The normalized spacial score (nSPS) is 13.6. The lowest BCUT2D eigenvalue weighted by molar-refractivity contribution is -0.141. The number of carbonyl (C=O) groups is 2. The second-order valence-corrected chi connectivity index (χ2v) is 5.48. The summed E-state index contributed by atoms with van der Waals surface area (Å²) >= 11 is 0. The third kappa shape index (κ3) is 3.58. The van der Waals surface area contributed by atoms with Crippen LogP contribution in [-0.4, -0.2) is 35.6 Å². The molecule has 2 amide bonds. The Bertz CT molecular complexity index is 647. The molecule has 1 aromatic carbocycles. The zero-order valence-corrected chi connectivity index (χ0v) is 12.9. The quantitative estimate of drug-likeness (QED) is 0.889. The van der Waals surface area contributed by atoms with Crippen LogP contribution in [0.1, 0.15) is 25.6 Å². The second-order valence-electron chi connectivity index (χ2n) is 5.48. The van der Waals surface area contributed by atoms with Crippen molar-refractivity contribution in [2.75, 3.05) is 13.6 Å². The molecule has 0 aliphatic carbocycles. The summed E-state index contributed by atoms with van der Waals surface area (Å²) in [5.74, 6) is -0.878. The first-order valence-corrected chi connectivity index (χ1v) is 7.11. The first-order valence-electron chi connectivity index (χ1n) is 7.11. The molecule has 6 nitrogen and oxygen atoms in total. The van der Waals surface area contributed by atoms with Crippen LogP contribution < -0.4 is 5.32 Å². The molecule has 0 spiro atoms. The van der Waals surface area contributed by atoms with Gasteiger partial charge in [0.2, 0.25) is 0 Å². The molecule has 22 heavy (non-hydrogen) atoms. The Hall–Kier alpha value is -2.50. The molecule has 0 saturated carbocycles. The van der Waals surface area contributed by atoms with Crippen molar-refractivity contribution in [3.05, 3.63) is 36.1 Å². The summed E-state index contributed by atoms with van der Waals surface area (Å²) in [7, 11) is 1.57. The van der Waals surface area contributed by atoms with Crippen LogP contribution in [0.3, 0.4) is 0 Å². The number of nitrogens with one attached hydrogen (secondary N) is 1. The molecule has 0 bridgehead atoms. The van der Waals surface area contributed by atoms with E-state index in [1.165, 1.54) is 4.90 Å². The molecule has 1 unspecified atom stereocenters. The van der Waals surface area contributed by atoms with Crippen molar-refractivity contribution < 1.29 is 19.1 Å². The number of fused-ring (bicyclic) bond motifs is 1. The summed E-state index contributed by atoms with van der Waals surface area (Å²) in [6.07, 6.45) is 0. The van der Waals surface area contributed by atoms with E-state index in [2.05, 4.69) is 5.32 Å². The monoisotopic (exact) mass is 304 g/mol. The molecule has 0 aliphatic heterocycles. The van der Waals surface area contributed by atoms with Gasteiger partial charge >= 0.3 is 12.0 Å². The average molecular weight is 304 g/mol. The summed E-state index contributed by atoms with van der Waals surface area (Å²) in [6.45, 7) is 3.53. The largest absolute Gasteiger partial charge is 0.481 e. The fraction of sp³-hybridized carbons (Fsp3) is 0.375. The van der Waals surface area contributed by atoms with Crippen molar-refractivity contribution in [1.82, 2.24) is 10.2 Å². The highest BCUT2D eigenvalue weighted by atomic mass is 16.4. The molecule has 0 saturated heterocycles. The van der Waals surface area contributed by atoms with E-state index in [9.17, 15) is 9.59 Å². The lowest BCUT2D eigenvalue weighted by atomic mass is 10.2. The number of para-hydroxylation sites is 1. The van der Waals surface area contributed by atoms with Crippen LogP contribution in [0.4, 0.5) is 4.79 Å². The zero-order chi connectivity index (χ0) is 16.3. The van der Waals surface area contributed by atoms with Crippen molar-refractivity contribution in [2.45, 2.75) is 19.9 Å². The zero-order valence-electron chi connectivity index (χ0n) is 12.9. The Labute approximate surface area is 128 Å². The Balaban J connectivity index is 1.99. The maximum Gasteiger partial charge on any atom is 0.317 e. The molecule has 2 rings (SSSR count). The van der Waals surface area contributed by atoms with E-state index >= 15 is 0 Å². The van der Waals surface area contributed by atoms with E-state index < -0.39 is 11.9 Å². The number of urea groups is 1. The van der Waals surface area contributed by atoms with Gasteiger partial charge in [-0.05, 0) is 19.1 Å². The minimum absolute atomic E-state index is 0.147. The van der Waals surface area contributed by atoms with Gasteiger partial charge in [-0.3, -0.25) is 4.79 Å². The van der Waals surface area contributed by atoms with Crippen LogP contribution >= 0.6 is 0 Å². The molecule has 1 aromatic heterocycles. The Morgan fingerprint density at radius 2 is 2.00 bits per heavy atom. The Kier molecular flexibility index (Phi) is 4.70. The molecule has 1 heterocycles. The van der Waals surface area contributed by atoms with E-state index in [1.54, 1.807) is 14.0 Å². The minimum atomic E-state index is -0.926. The van der Waals surface area contributed by atoms with E-state index in [-0.39, 0.29) is 18.6 Å². The molecular weight excluding hydrogens is 284 g/mol. The van der Waals surface area contributed by atoms with Gasteiger partial charge in [0.05, 0.1) is 12.0 Å². The fourth-order valence-electron chi connectivity index (χ4n) is 2.15. The van der Waals surface area contributed by atoms with Gasteiger partial charge in [0, 0.05) is 19.0 Å². The first-order chi connectivity index (χ1) is 10.4. The molecule has 118 valence electrons. The van der Waals surface area contributed by atoms with Crippen molar-refractivity contribution in [3.63, 3.8) is 0 Å². The molecule has 2 N–H and O–H groups in total. The predicted molar refractivity (Wildman–Crippen MR) is 82.6 cm³/mol. The molecule has 2 atom stereocenters. The lowest BCUT2D eigenvalue weighted by Gasteiger charge is -2.22. The van der Waals surface area contributed by atoms with Gasteiger partial charge in [0.25, 0.3) is 0 Å². The number of hydrogen-bond acceptors (Lipinski definition) is 3. The standard InChI is InChI=1S/C16H20N2O4/c1-10(15(19)20)9-18(3)16(21)17-11(2)14-8-12-6-4-5-7-13(12)22-14/h4-8,10-11H,9H2,1-3H3,(H,17,21)(H,19,20)/t10?,11-/m1/s1. The van der Waals surface area contributed by atoms with Crippen LogP contribution in [0, 0.1) is 5.92 Å². The first kappa shape index (κ1) is 15.9. The maximum atomic E-state index is 12.1. The minimum Gasteiger partial charge on any atom is -0.481 e. The van der Waals surface area contributed by atoms with Crippen LogP contribution in [0.15, 0.2) is 34.7 Å². The molecular formula is C16H20N2O4. The number of amides is 2. The van der Waals surface area contributed by atoms with Crippen molar-refractivity contribution in [2.24, 2.45) is 5.92 Å². The second kappa shape index (κ2) is 6.51. The predicted octanol–water partition coefficient (Wildman–Crippen LogP) is 2.86. The van der Waals surface area contributed by atoms with Crippen LogP contribution in [0.2, 0.25) is 0 Å². The van der Waals surface area contributed by atoms with Gasteiger partial charge in [-0.25, -0.2) is 4.79 Å². The highest BCUT2D eigenvalue weighted by Gasteiger charge is 2.20. The summed E-state index contributed by atoms with van der Waals surface area (Å²) in [5.41, 5.74) is 0.770. The van der Waals surface area contributed by atoms with Gasteiger partial charge in [-0.2, -0.15) is 0 Å². The van der Waals surface area contributed by atoms with Gasteiger partial charge in [0.15, 0.2) is 0 Å². The highest BCUT2D eigenvalue weighted by molar-refractivity contribution is 5.79. The molecule has 0 fully saturated rings. The third-order valence-electron chi connectivity index (χ3n) is 3.53. The number of benzene rings is 1. The van der Waals surface area contributed by atoms with Crippen LogP contribution in [0.5, 0.6) is 0 Å². The summed E-state index contributed by atoms with van der Waals surface area (Å²) in [6, 6.07) is 8.88. The van der Waals surface area contributed by atoms with E-state index in [4.69, 9.17) is 9.52 Å². The summed E-state index contributed by atoms with van der Waals surface area (Å²) in [4.78, 5) is 24.3. The van der Waals surface area contributed by atoms with E-state index in [0.717, 1.165) is 11.0 Å². The van der Waals surface area contributed by atoms with Crippen molar-refractivity contribution in [3.8, 4) is 0 Å². The Morgan fingerprint density at radius 1 is 1.32 bits per heavy atom. The smallest absolute Gasteiger partial charge is 0.317 e. The van der Waals surface area contributed by atoms with Crippen LogP contribution in [-0.2, 0) is 4.79 Å². The number of hydrogen-bond donors (Lipinski definition) is 2. The fourth-order valence-corrected chi connectivity index (χ4v) is 2.15. The molecule has 0 radical (unpaired) electrons. The van der Waals surface area contributed by atoms with Crippen molar-refractivity contribution in [1.29, 1.82) is 0 Å². The van der Waals surface area contributed by atoms with Gasteiger partial charge in [-0.15, -0.1) is 0 Å². The van der Waals surface area contributed by atoms with E-state index in [1.807, 2.05) is 37.3 Å². The third-order valence-corrected chi connectivity index (χ3v) is 3.53. The van der Waals surface area contributed by atoms with Gasteiger partial charge in [-0.1, -0.05) is 25.1 Å². The maximum absolute atomic E-state index is 12.1. The number of aliphatic carboxylic acids is 1. The molecule has 2 aromatic rings. The van der Waals surface area contributed by atoms with Gasteiger partial charge in [0.1, 0.15) is 11.3 Å². The lowest BCUT2D eigenvalue weighted by Crippen LogP contribution is -2.41. The number of nitrogens with zero attached hydrogens (tertiary/aromatic N) is 1. The summed E-state index contributed by atoms with van der Waals surface area (Å²) < 4.78 is 5.70. The number of furan rings is 1. The number of carboxylic acid groups (broad SMARTS) is 1. The van der Waals surface area contributed by atoms with Gasteiger partial charge < -0.3 is 19.7 Å².